The van der Waals surface area contributed by atoms with E-state index >= 15 is 0 Å². The van der Waals surface area contributed by atoms with E-state index in [2.05, 4.69) is 11.6 Å². The van der Waals surface area contributed by atoms with Crippen LogP contribution in [0.2, 0.25) is 0 Å². The molecule has 0 unspecified atom stereocenters. The Morgan fingerprint density at radius 2 is 1.86 bits per heavy atom. The molecule has 2 aliphatic rings. The Hall–Kier alpha value is -0.630. The molecule has 1 saturated heterocycles. The predicted octanol–water partition coefficient (Wildman–Crippen LogP) is 2.55. The van der Waals surface area contributed by atoms with Gasteiger partial charge in [-0.3, -0.25) is 4.90 Å². The van der Waals surface area contributed by atoms with E-state index < -0.39 is 12.2 Å². The third-order valence-electron chi connectivity index (χ3n) is 4.67. The smallest absolute Gasteiger partial charge is 0.335 e. The summed E-state index contributed by atoms with van der Waals surface area (Å²) in [5.74, 6) is 0. The first-order valence-electron chi connectivity index (χ1n) is 7.70. The third kappa shape index (κ3) is 4.44. The summed E-state index contributed by atoms with van der Waals surface area (Å²) in [6, 6.07) is -1.38. The average Bonchev–Trinajstić information content (AvgIpc) is 2.93. The number of rotatable bonds is 3. The van der Waals surface area contributed by atoms with Gasteiger partial charge >= 0.3 is 12.2 Å². The van der Waals surface area contributed by atoms with Gasteiger partial charge in [-0.15, -0.1) is 0 Å². The summed E-state index contributed by atoms with van der Waals surface area (Å²) in [6.45, 7) is 2.42. The summed E-state index contributed by atoms with van der Waals surface area (Å²) >= 11 is 1.83. The summed E-state index contributed by atoms with van der Waals surface area (Å²) in [7, 11) is 0. The summed E-state index contributed by atoms with van der Waals surface area (Å²) in [5, 5.41) is 3.63. The molecule has 0 bridgehead atoms. The molecule has 3 atom stereocenters. The van der Waals surface area contributed by atoms with Crippen LogP contribution in [0.4, 0.5) is 18.0 Å². The number of hydrogen-bond donors (Lipinski definition) is 1. The number of urea groups is 1. The van der Waals surface area contributed by atoms with Crippen molar-refractivity contribution in [1.82, 2.24) is 15.1 Å². The summed E-state index contributed by atoms with van der Waals surface area (Å²) in [4.78, 5) is 15.2. The third-order valence-corrected chi connectivity index (χ3v) is 5.76. The largest absolute Gasteiger partial charge is 0.403 e. The first-order chi connectivity index (χ1) is 10.3. The zero-order chi connectivity index (χ0) is 16.3. The molecular weight excluding hydrogens is 315 g/mol. The van der Waals surface area contributed by atoms with Crippen molar-refractivity contribution in [1.29, 1.82) is 0 Å². The summed E-state index contributed by atoms with van der Waals surface area (Å²) in [5.41, 5.74) is 0. The van der Waals surface area contributed by atoms with Gasteiger partial charge in [-0.2, -0.15) is 24.9 Å². The van der Waals surface area contributed by atoms with Gasteiger partial charge in [-0.1, -0.05) is 0 Å². The molecule has 0 spiro atoms. The van der Waals surface area contributed by atoms with Crippen molar-refractivity contribution in [3.8, 4) is 0 Å². The highest BCUT2D eigenvalue weighted by Crippen LogP contribution is 2.28. The normalized spacial score (nSPS) is 28.7. The molecule has 1 heterocycles. The number of nitrogens with zero attached hydrogens (tertiary/aromatic N) is 2. The first kappa shape index (κ1) is 17.7. The molecule has 128 valence electrons. The second-order valence-electron chi connectivity index (χ2n) is 6.06. The Labute approximate surface area is 133 Å². The maximum absolute atomic E-state index is 12.7. The molecule has 0 radical (unpaired) electrons. The lowest BCUT2D eigenvalue weighted by molar-refractivity contribution is -0.181. The van der Waals surface area contributed by atoms with Crippen LogP contribution in [0.15, 0.2) is 0 Å². The molecular formula is C14H24F3N3OS. The van der Waals surface area contributed by atoms with Gasteiger partial charge in [0.2, 0.25) is 0 Å². The molecule has 22 heavy (non-hydrogen) atoms. The Balaban J connectivity index is 1.76. The van der Waals surface area contributed by atoms with Crippen molar-refractivity contribution in [2.24, 2.45) is 0 Å². The number of nitrogens with one attached hydrogen (secondary N) is 1. The van der Waals surface area contributed by atoms with E-state index in [0.717, 1.165) is 19.3 Å². The highest BCUT2D eigenvalue weighted by atomic mass is 32.2. The fourth-order valence-electron chi connectivity index (χ4n) is 3.07. The molecule has 0 aromatic heterocycles. The molecule has 1 aliphatic carbocycles. The van der Waals surface area contributed by atoms with Crippen LogP contribution in [0, 0.1) is 0 Å². The Morgan fingerprint density at radius 1 is 1.23 bits per heavy atom. The quantitative estimate of drug-likeness (QED) is 0.858. The van der Waals surface area contributed by atoms with Crippen molar-refractivity contribution in [2.75, 3.05) is 32.4 Å². The zero-order valence-electron chi connectivity index (χ0n) is 13.0. The SMILES string of the molecule is CS[C@@H]1CC[C@H](NC(=O)N2CCN([C@H](C)C(F)(F)F)CC2)C1. The molecule has 0 aromatic carbocycles. The van der Waals surface area contributed by atoms with E-state index in [1.165, 1.54) is 11.8 Å². The van der Waals surface area contributed by atoms with Crippen LogP contribution in [0.5, 0.6) is 0 Å². The van der Waals surface area contributed by atoms with Gasteiger partial charge < -0.3 is 10.2 Å². The van der Waals surface area contributed by atoms with Crippen LogP contribution in [0.25, 0.3) is 0 Å². The number of carbonyl (C=O) groups excluding carboxylic acids is 1. The maximum Gasteiger partial charge on any atom is 0.403 e. The van der Waals surface area contributed by atoms with Crippen molar-refractivity contribution in [3.63, 3.8) is 0 Å². The van der Waals surface area contributed by atoms with Gasteiger partial charge in [0.05, 0.1) is 0 Å². The topological polar surface area (TPSA) is 35.6 Å². The summed E-state index contributed by atoms with van der Waals surface area (Å²) < 4.78 is 38.1. The minimum Gasteiger partial charge on any atom is -0.335 e. The minimum absolute atomic E-state index is 0.133. The molecule has 8 heteroatoms. The maximum atomic E-state index is 12.7. The second kappa shape index (κ2) is 7.29. The van der Waals surface area contributed by atoms with Crippen LogP contribution >= 0.6 is 11.8 Å². The van der Waals surface area contributed by atoms with Gasteiger partial charge in [0.25, 0.3) is 0 Å². The highest BCUT2D eigenvalue weighted by molar-refractivity contribution is 7.99. The number of thioether (sulfide) groups is 1. The molecule has 1 N–H and O–H groups in total. The summed E-state index contributed by atoms with van der Waals surface area (Å²) in [6.07, 6.45) is 0.959. The van der Waals surface area contributed by atoms with Crippen LogP contribution in [0.1, 0.15) is 26.2 Å². The number of amides is 2. The lowest BCUT2D eigenvalue weighted by Gasteiger charge is -2.38. The van der Waals surface area contributed by atoms with Gasteiger partial charge in [-0.25, -0.2) is 4.79 Å². The molecule has 2 rings (SSSR count). The van der Waals surface area contributed by atoms with Crippen molar-refractivity contribution >= 4 is 17.8 Å². The predicted molar refractivity (Wildman–Crippen MR) is 82.1 cm³/mol. The molecule has 0 aromatic rings. The van der Waals surface area contributed by atoms with Crippen LogP contribution < -0.4 is 5.32 Å². The van der Waals surface area contributed by atoms with Crippen LogP contribution in [0.3, 0.4) is 0 Å². The molecule has 1 aliphatic heterocycles. The fraction of sp³-hybridized carbons (Fsp3) is 0.929. The average molecular weight is 339 g/mol. The minimum atomic E-state index is -4.21. The number of carbonyl (C=O) groups is 1. The van der Waals surface area contributed by atoms with E-state index in [1.54, 1.807) is 4.90 Å². The second-order valence-corrected chi connectivity index (χ2v) is 7.20. The fourth-order valence-corrected chi connectivity index (χ4v) is 3.87. The van der Waals surface area contributed by atoms with E-state index in [-0.39, 0.29) is 25.2 Å². The lowest BCUT2D eigenvalue weighted by Crippen LogP contribution is -2.57. The van der Waals surface area contributed by atoms with Crippen LogP contribution in [-0.4, -0.2) is 71.8 Å². The van der Waals surface area contributed by atoms with Crippen LogP contribution in [-0.2, 0) is 0 Å². The van der Waals surface area contributed by atoms with Crippen molar-refractivity contribution in [3.05, 3.63) is 0 Å². The number of halogens is 3. The van der Waals surface area contributed by atoms with E-state index in [1.807, 2.05) is 11.8 Å². The van der Waals surface area contributed by atoms with Gasteiger partial charge in [0.1, 0.15) is 6.04 Å². The monoisotopic (exact) mass is 339 g/mol. The van der Waals surface area contributed by atoms with Crippen molar-refractivity contribution in [2.45, 2.75) is 49.7 Å². The van der Waals surface area contributed by atoms with E-state index in [4.69, 9.17) is 0 Å². The Morgan fingerprint density at radius 3 is 2.36 bits per heavy atom. The standard InChI is InChI=1S/C14H24F3N3OS/c1-10(14(15,16)17)19-5-7-20(8-6-19)13(21)18-11-3-4-12(9-11)22-2/h10-12H,3-9H2,1-2H3,(H,18,21)/t10-,11+,12-/m1/s1. The molecule has 1 saturated carbocycles. The van der Waals surface area contributed by atoms with Gasteiger partial charge in [0.15, 0.2) is 0 Å². The Kier molecular flexibility index (Phi) is 5.87. The van der Waals surface area contributed by atoms with Crippen molar-refractivity contribution < 1.29 is 18.0 Å². The number of hydrogen-bond acceptors (Lipinski definition) is 3. The zero-order valence-corrected chi connectivity index (χ0v) is 13.8. The molecule has 2 amide bonds. The molecule has 4 nitrogen and oxygen atoms in total. The number of alkyl halides is 3. The highest BCUT2D eigenvalue weighted by Gasteiger charge is 2.41. The lowest BCUT2D eigenvalue weighted by atomic mass is 10.2. The molecule has 2 fully saturated rings. The van der Waals surface area contributed by atoms with Gasteiger partial charge in [0, 0.05) is 37.5 Å². The van der Waals surface area contributed by atoms with E-state index in [9.17, 15) is 18.0 Å². The van der Waals surface area contributed by atoms with Gasteiger partial charge in [-0.05, 0) is 32.4 Å². The first-order valence-corrected chi connectivity index (χ1v) is 8.99. The number of piperazine rings is 1. The van der Waals surface area contributed by atoms with E-state index in [0.29, 0.717) is 18.3 Å². The Bertz CT molecular complexity index is 386.